The van der Waals surface area contributed by atoms with E-state index < -0.39 is 49.5 Å². The molecule has 0 radical (unpaired) electrons. The zero-order chi connectivity index (χ0) is 28.9. The molecule has 0 saturated carbocycles. The molecule has 7 atom stereocenters. The second-order valence-electron chi connectivity index (χ2n) is 10.9. The number of hydrogen-bond acceptors (Lipinski definition) is 8. The Hall–Kier alpha value is -1.07. The summed E-state index contributed by atoms with van der Waals surface area (Å²) >= 11 is 0. The number of carbonyl (C=O) groups excluding carboxylic acids is 1. The van der Waals surface area contributed by atoms with E-state index in [-0.39, 0.29) is 12.5 Å². The van der Waals surface area contributed by atoms with Gasteiger partial charge in [-0.2, -0.15) is 0 Å². The minimum absolute atomic E-state index is 0.190. The van der Waals surface area contributed by atoms with Crippen molar-refractivity contribution in [2.75, 3.05) is 13.2 Å². The van der Waals surface area contributed by atoms with Gasteiger partial charge in [0, 0.05) is 6.42 Å². The summed E-state index contributed by atoms with van der Waals surface area (Å²) in [6.45, 7) is 3.48. The van der Waals surface area contributed by atoms with Crippen molar-refractivity contribution in [1.82, 2.24) is 5.32 Å². The molecule has 1 amide bonds. The van der Waals surface area contributed by atoms with Crippen molar-refractivity contribution >= 4 is 5.91 Å². The van der Waals surface area contributed by atoms with Crippen LogP contribution in [0, 0.1) is 0 Å². The minimum Gasteiger partial charge on any atom is -0.394 e. The molecule has 1 heterocycles. The van der Waals surface area contributed by atoms with Crippen molar-refractivity contribution in [2.45, 2.75) is 159 Å². The molecule has 0 bridgehead atoms. The Balaban J connectivity index is 2.41. The lowest BCUT2D eigenvalue weighted by molar-refractivity contribution is -0.302. The Morgan fingerprint density at radius 3 is 1.97 bits per heavy atom. The van der Waals surface area contributed by atoms with E-state index in [9.17, 15) is 30.3 Å². The highest BCUT2D eigenvalue weighted by Crippen LogP contribution is 2.22. The second kappa shape index (κ2) is 22.6. The smallest absolute Gasteiger partial charge is 0.220 e. The molecule has 1 saturated heterocycles. The van der Waals surface area contributed by atoms with Crippen LogP contribution in [0.15, 0.2) is 12.2 Å². The van der Waals surface area contributed by atoms with E-state index in [0.717, 1.165) is 32.1 Å². The molecule has 1 aliphatic heterocycles. The van der Waals surface area contributed by atoms with E-state index in [1.165, 1.54) is 64.2 Å². The molecule has 0 aliphatic carbocycles. The predicted molar refractivity (Wildman–Crippen MR) is 152 cm³/mol. The molecule has 9 nitrogen and oxygen atoms in total. The number of hydrogen-bond donors (Lipinski definition) is 6. The third-order valence-electron chi connectivity index (χ3n) is 7.36. The molecule has 230 valence electrons. The number of carbonyl (C=O) groups is 1. The summed E-state index contributed by atoms with van der Waals surface area (Å²) < 4.78 is 11.0. The summed E-state index contributed by atoms with van der Waals surface area (Å²) in [5.74, 6) is -0.215. The average molecular weight is 560 g/mol. The molecule has 7 unspecified atom stereocenters. The maximum atomic E-state index is 12.3. The van der Waals surface area contributed by atoms with E-state index >= 15 is 0 Å². The van der Waals surface area contributed by atoms with E-state index in [2.05, 4.69) is 12.2 Å². The van der Waals surface area contributed by atoms with Crippen LogP contribution in [-0.4, -0.2) is 87.5 Å². The molecule has 9 heteroatoms. The standard InChI is InChI=1S/C30H57NO8/c1-3-5-7-8-9-10-11-12-13-14-15-16-17-18-19-24(33)23(31-26(34)20-6-4-2)22-38-30-29(37)28(36)27(35)25(21-32)39-30/h18-19,23-25,27-30,32-33,35-37H,3-17,20-22H2,1-2H3,(H,31,34)/b19-18+. The van der Waals surface area contributed by atoms with Gasteiger partial charge in [0.25, 0.3) is 0 Å². The Morgan fingerprint density at radius 2 is 1.41 bits per heavy atom. The first-order valence-corrected chi connectivity index (χ1v) is 15.4. The molecule has 1 rings (SSSR count). The summed E-state index contributed by atoms with van der Waals surface area (Å²) in [5.41, 5.74) is 0. The van der Waals surface area contributed by atoms with Crippen LogP contribution in [0.3, 0.4) is 0 Å². The van der Waals surface area contributed by atoms with Crippen LogP contribution < -0.4 is 5.32 Å². The first-order chi connectivity index (χ1) is 18.8. The third kappa shape index (κ3) is 15.5. The molecule has 0 spiro atoms. The van der Waals surface area contributed by atoms with Gasteiger partial charge in [0.05, 0.1) is 25.4 Å². The molecule has 39 heavy (non-hydrogen) atoms. The highest BCUT2D eigenvalue weighted by Gasteiger charge is 2.44. The number of ether oxygens (including phenoxy) is 2. The van der Waals surface area contributed by atoms with Crippen molar-refractivity contribution in [1.29, 1.82) is 0 Å². The zero-order valence-electron chi connectivity index (χ0n) is 24.4. The second-order valence-corrected chi connectivity index (χ2v) is 10.9. The van der Waals surface area contributed by atoms with Crippen molar-refractivity contribution < 1.29 is 39.8 Å². The van der Waals surface area contributed by atoms with Gasteiger partial charge in [-0.15, -0.1) is 0 Å². The summed E-state index contributed by atoms with van der Waals surface area (Å²) in [4.78, 5) is 12.3. The van der Waals surface area contributed by atoms with Gasteiger partial charge < -0.3 is 40.3 Å². The number of aliphatic hydroxyl groups is 5. The van der Waals surface area contributed by atoms with Gasteiger partial charge in [-0.25, -0.2) is 0 Å². The number of rotatable bonds is 23. The molecule has 6 N–H and O–H groups in total. The molecular formula is C30H57NO8. The highest BCUT2D eigenvalue weighted by molar-refractivity contribution is 5.76. The van der Waals surface area contributed by atoms with Crippen molar-refractivity contribution in [2.24, 2.45) is 0 Å². The number of unbranched alkanes of at least 4 members (excludes halogenated alkanes) is 13. The summed E-state index contributed by atoms with van der Waals surface area (Å²) in [7, 11) is 0. The first-order valence-electron chi connectivity index (χ1n) is 15.4. The lowest BCUT2D eigenvalue weighted by atomic mass is 9.99. The normalized spacial score (nSPS) is 25.2. The van der Waals surface area contributed by atoms with E-state index in [4.69, 9.17) is 9.47 Å². The topological polar surface area (TPSA) is 149 Å². The van der Waals surface area contributed by atoms with Crippen molar-refractivity contribution in [3.63, 3.8) is 0 Å². The molecule has 1 fully saturated rings. The Kier molecular flexibility index (Phi) is 20.8. The van der Waals surface area contributed by atoms with E-state index in [1.807, 2.05) is 13.0 Å². The van der Waals surface area contributed by atoms with Crippen LogP contribution in [0.5, 0.6) is 0 Å². The summed E-state index contributed by atoms with van der Waals surface area (Å²) in [6.07, 6.45) is 13.7. The monoisotopic (exact) mass is 559 g/mol. The van der Waals surface area contributed by atoms with Crippen molar-refractivity contribution in [3.8, 4) is 0 Å². The average Bonchev–Trinajstić information content (AvgIpc) is 2.93. The quantitative estimate of drug-likeness (QED) is 0.0823. The van der Waals surface area contributed by atoms with Gasteiger partial charge in [0.15, 0.2) is 6.29 Å². The lowest BCUT2D eigenvalue weighted by Gasteiger charge is -2.40. The number of nitrogens with one attached hydrogen (secondary N) is 1. The molecule has 0 aromatic heterocycles. The maximum absolute atomic E-state index is 12.3. The summed E-state index contributed by atoms with van der Waals surface area (Å²) in [6, 6.07) is -0.792. The molecule has 1 aliphatic rings. The third-order valence-corrected chi connectivity index (χ3v) is 7.36. The number of aliphatic hydroxyl groups excluding tert-OH is 5. The van der Waals surface area contributed by atoms with Crippen LogP contribution in [-0.2, 0) is 14.3 Å². The van der Waals surface area contributed by atoms with Crippen LogP contribution >= 0.6 is 0 Å². The lowest BCUT2D eigenvalue weighted by Crippen LogP contribution is -2.60. The Morgan fingerprint density at radius 1 is 0.846 bits per heavy atom. The first kappa shape index (κ1) is 36.0. The maximum Gasteiger partial charge on any atom is 0.220 e. The van der Waals surface area contributed by atoms with Crippen LogP contribution in [0.2, 0.25) is 0 Å². The van der Waals surface area contributed by atoms with Crippen molar-refractivity contribution in [3.05, 3.63) is 12.2 Å². The van der Waals surface area contributed by atoms with Gasteiger partial charge in [0.2, 0.25) is 5.91 Å². The fraction of sp³-hybridized carbons (Fsp3) is 0.900. The SMILES string of the molecule is CCCCCCCCCCCCCC/C=C/C(O)C(COC1OC(CO)C(O)C(O)C1O)NC(=O)CCCC. The van der Waals surface area contributed by atoms with Gasteiger partial charge >= 0.3 is 0 Å². The van der Waals surface area contributed by atoms with Gasteiger partial charge in [-0.05, 0) is 19.3 Å². The number of allylic oxidation sites excluding steroid dienone is 1. The minimum atomic E-state index is -1.56. The van der Waals surface area contributed by atoms with Gasteiger partial charge in [-0.3, -0.25) is 4.79 Å². The summed E-state index contributed by atoms with van der Waals surface area (Å²) in [5, 5.41) is 53.0. The Labute approximate surface area is 236 Å². The molecular weight excluding hydrogens is 502 g/mol. The fourth-order valence-corrected chi connectivity index (χ4v) is 4.72. The predicted octanol–water partition coefficient (Wildman–Crippen LogP) is 3.49. The van der Waals surface area contributed by atoms with Gasteiger partial charge in [0.1, 0.15) is 24.4 Å². The van der Waals surface area contributed by atoms with Crippen LogP contribution in [0.4, 0.5) is 0 Å². The highest BCUT2D eigenvalue weighted by atomic mass is 16.7. The van der Waals surface area contributed by atoms with E-state index in [0.29, 0.717) is 6.42 Å². The van der Waals surface area contributed by atoms with Crippen LogP contribution in [0.1, 0.15) is 117 Å². The van der Waals surface area contributed by atoms with Gasteiger partial charge in [-0.1, -0.05) is 103 Å². The zero-order valence-corrected chi connectivity index (χ0v) is 24.4. The largest absolute Gasteiger partial charge is 0.394 e. The molecule has 0 aromatic carbocycles. The molecule has 0 aromatic rings. The number of amides is 1. The fourth-order valence-electron chi connectivity index (χ4n) is 4.72. The van der Waals surface area contributed by atoms with Crippen LogP contribution in [0.25, 0.3) is 0 Å². The van der Waals surface area contributed by atoms with E-state index in [1.54, 1.807) is 6.08 Å². The Bertz CT molecular complexity index is 632.